The van der Waals surface area contributed by atoms with Gasteiger partial charge >= 0.3 is 0 Å². The molecule has 0 saturated heterocycles. The van der Waals surface area contributed by atoms with E-state index in [1.807, 2.05) is 0 Å². The topological polar surface area (TPSA) is 21.3 Å². The molecule has 1 N–H and O–H groups in total. The third kappa shape index (κ3) is 1.62. The van der Waals surface area contributed by atoms with E-state index >= 15 is 0 Å². The fourth-order valence-corrected chi connectivity index (χ4v) is 2.68. The average molecular weight is 195 g/mol. The highest BCUT2D eigenvalue weighted by molar-refractivity contribution is 5.19. The molecule has 2 aliphatic heterocycles. The molecule has 0 bridgehead atoms. The zero-order valence-electron chi connectivity index (χ0n) is 9.47. The molecule has 0 aromatic rings. The van der Waals surface area contributed by atoms with Crippen LogP contribution in [-0.2, 0) is 4.74 Å². The molecule has 2 rings (SSSR count). The lowest BCUT2D eigenvalue weighted by atomic mass is 9.77. The fraction of sp³-hybridized carbons (Fsp3) is 0.833. The molecule has 0 aromatic heterocycles. The van der Waals surface area contributed by atoms with Crippen LogP contribution in [0.4, 0.5) is 0 Å². The van der Waals surface area contributed by atoms with Gasteiger partial charge in [-0.3, -0.25) is 0 Å². The van der Waals surface area contributed by atoms with Crippen molar-refractivity contribution in [2.45, 2.75) is 33.6 Å². The molecule has 0 saturated carbocycles. The maximum absolute atomic E-state index is 5.70. The minimum absolute atomic E-state index is 0.707. The van der Waals surface area contributed by atoms with Crippen LogP contribution in [0.15, 0.2) is 11.5 Å². The van der Waals surface area contributed by atoms with E-state index in [4.69, 9.17) is 4.74 Å². The molecule has 80 valence electrons. The maximum atomic E-state index is 5.70. The third-order valence-electron chi connectivity index (χ3n) is 3.54. The summed E-state index contributed by atoms with van der Waals surface area (Å²) in [7, 11) is 0. The molecular formula is C12H21NO. The van der Waals surface area contributed by atoms with E-state index in [1.165, 1.54) is 12.8 Å². The molecule has 0 spiro atoms. The highest BCUT2D eigenvalue weighted by atomic mass is 16.5. The number of nitrogens with one attached hydrogen (secondary N) is 1. The smallest absolute Gasteiger partial charge is 0.186 e. The molecule has 2 heterocycles. The second-order valence-corrected chi connectivity index (χ2v) is 4.89. The SMILES string of the molecule is CC1CCOC2=C1C(C(C)C)CCN2. The Bertz CT molecular complexity index is 241. The van der Waals surface area contributed by atoms with E-state index in [9.17, 15) is 0 Å². The van der Waals surface area contributed by atoms with Crippen LogP contribution in [0.2, 0.25) is 0 Å². The van der Waals surface area contributed by atoms with Crippen LogP contribution >= 0.6 is 0 Å². The van der Waals surface area contributed by atoms with Crippen LogP contribution in [0, 0.1) is 17.8 Å². The van der Waals surface area contributed by atoms with Crippen molar-refractivity contribution >= 4 is 0 Å². The Morgan fingerprint density at radius 3 is 2.86 bits per heavy atom. The van der Waals surface area contributed by atoms with Crippen LogP contribution in [0.1, 0.15) is 33.6 Å². The van der Waals surface area contributed by atoms with Crippen molar-refractivity contribution in [3.05, 3.63) is 11.5 Å². The lowest BCUT2D eigenvalue weighted by Crippen LogP contribution is -2.36. The Hall–Kier alpha value is -0.660. The van der Waals surface area contributed by atoms with Gasteiger partial charge in [-0.25, -0.2) is 0 Å². The monoisotopic (exact) mass is 195 g/mol. The lowest BCUT2D eigenvalue weighted by Gasteiger charge is -2.37. The molecule has 2 heteroatoms. The summed E-state index contributed by atoms with van der Waals surface area (Å²) in [6.45, 7) is 8.94. The second-order valence-electron chi connectivity index (χ2n) is 4.89. The van der Waals surface area contributed by atoms with Crippen molar-refractivity contribution in [3.63, 3.8) is 0 Å². The van der Waals surface area contributed by atoms with E-state index in [0.717, 1.165) is 30.9 Å². The van der Waals surface area contributed by atoms with Gasteiger partial charge in [-0.1, -0.05) is 20.8 Å². The molecule has 0 aromatic carbocycles. The van der Waals surface area contributed by atoms with E-state index in [0.29, 0.717) is 5.92 Å². The van der Waals surface area contributed by atoms with Gasteiger partial charge in [0.1, 0.15) is 0 Å². The van der Waals surface area contributed by atoms with Gasteiger partial charge in [0, 0.05) is 6.54 Å². The fourth-order valence-electron chi connectivity index (χ4n) is 2.68. The molecule has 2 atom stereocenters. The summed E-state index contributed by atoms with van der Waals surface area (Å²) < 4.78 is 5.70. The standard InChI is InChI=1S/C12H21NO/c1-8(2)10-4-6-13-12-11(10)9(3)5-7-14-12/h8-10,13H,4-7H2,1-3H3. The Kier molecular flexibility index (Phi) is 2.71. The summed E-state index contributed by atoms with van der Waals surface area (Å²) in [4.78, 5) is 0. The number of rotatable bonds is 1. The van der Waals surface area contributed by atoms with Gasteiger partial charge in [-0.2, -0.15) is 0 Å². The first-order chi connectivity index (χ1) is 6.70. The van der Waals surface area contributed by atoms with Crippen LogP contribution in [0.5, 0.6) is 0 Å². The first kappa shape index (κ1) is 9.88. The minimum atomic E-state index is 0.707. The zero-order valence-corrected chi connectivity index (χ0v) is 9.47. The highest BCUT2D eigenvalue weighted by Gasteiger charge is 2.32. The Morgan fingerprint density at radius 2 is 2.14 bits per heavy atom. The molecule has 0 fully saturated rings. The molecule has 14 heavy (non-hydrogen) atoms. The molecule has 0 amide bonds. The third-order valence-corrected chi connectivity index (χ3v) is 3.54. The molecule has 0 aliphatic carbocycles. The minimum Gasteiger partial charge on any atom is -0.479 e. The van der Waals surface area contributed by atoms with E-state index in [2.05, 4.69) is 26.1 Å². The molecule has 0 radical (unpaired) electrons. The summed E-state index contributed by atoms with van der Waals surface area (Å²) in [5, 5.41) is 3.39. The largest absolute Gasteiger partial charge is 0.479 e. The molecule has 2 nitrogen and oxygen atoms in total. The van der Waals surface area contributed by atoms with Crippen molar-refractivity contribution < 1.29 is 4.74 Å². The Labute approximate surface area is 86.7 Å². The van der Waals surface area contributed by atoms with Crippen molar-refractivity contribution in [1.29, 1.82) is 0 Å². The van der Waals surface area contributed by atoms with Crippen LogP contribution in [-0.4, -0.2) is 13.2 Å². The van der Waals surface area contributed by atoms with Gasteiger partial charge in [0.2, 0.25) is 0 Å². The molecule has 2 aliphatic rings. The summed E-state index contributed by atoms with van der Waals surface area (Å²) in [6, 6.07) is 0. The van der Waals surface area contributed by atoms with Crippen molar-refractivity contribution in [1.82, 2.24) is 5.32 Å². The summed E-state index contributed by atoms with van der Waals surface area (Å²) in [5.74, 6) is 3.29. The van der Waals surface area contributed by atoms with Crippen molar-refractivity contribution in [2.24, 2.45) is 17.8 Å². The van der Waals surface area contributed by atoms with Crippen molar-refractivity contribution in [3.8, 4) is 0 Å². The van der Waals surface area contributed by atoms with Crippen LogP contribution < -0.4 is 5.32 Å². The van der Waals surface area contributed by atoms with Crippen molar-refractivity contribution in [2.75, 3.05) is 13.2 Å². The van der Waals surface area contributed by atoms with Gasteiger partial charge in [0.15, 0.2) is 5.88 Å². The van der Waals surface area contributed by atoms with Gasteiger partial charge in [0.25, 0.3) is 0 Å². The van der Waals surface area contributed by atoms with E-state index < -0.39 is 0 Å². The number of hydrogen-bond donors (Lipinski definition) is 1. The normalized spacial score (nSPS) is 32.3. The molecule has 2 unspecified atom stereocenters. The lowest BCUT2D eigenvalue weighted by molar-refractivity contribution is 0.123. The predicted molar refractivity (Wildman–Crippen MR) is 57.7 cm³/mol. The zero-order chi connectivity index (χ0) is 10.1. The number of allylic oxidation sites excluding steroid dienone is 1. The maximum Gasteiger partial charge on any atom is 0.186 e. The van der Waals surface area contributed by atoms with E-state index in [1.54, 1.807) is 5.57 Å². The van der Waals surface area contributed by atoms with Crippen LogP contribution in [0.3, 0.4) is 0 Å². The van der Waals surface area contributed by atoms with Gasteiger partial charge in [0.05, 0.1) is 6.61 Å². The summed E-state index contributed by atoms with van der Waals surface area (Å²) in [5.41, 5.74) is 1.55. The van der Waals surface area contributed by atoms with Crippen LogP contribution in [0.25, 0.3) is 0 Å². The van der Waals surface area contributed by atoms with Gasteiger partial charge in [-0.15, -0.1) is 0 Å². The predicted octanol–water partition coefficient (Wildman–Crippen LogP) is 2.52. The van der Waals surface area contributed by atoms with Gasteiger partial charge in [-0.05, 0) is 36.2 Å². The van der Waals surface area contributed by atoms with E-state index in [-0.39, 0.29) is 0 Å². The first-order valence-electron chi connectivity index (χ1n) is 5.81. The Morgan fingerprint density at radius 1 is 1.36 bits per heavy atom. The second kappa shape index (κ2) is 3.84. The first-order valence-corrected chi connectivity index (χ1v) is 5.81. The Balaban J connectivity index is 2.27. The average Bonchev–Trinajstić information content (AvgIpc) is 2.17. The summed E-state index contributed by atoms with van der Waals surface area (Å²) in [6.07, 6.45) is 2.45. The number of ether oxygens (including phenoxy) is 1. The quantitative estimate of drug-likeness (QED) is 0.694. The summed E-state index contributed by atoms with van der Waals surface area (Å²) >= 11 is 0. The molecular weight excluding hydrogens is 174 g/mol. The van der Waals surface area contributed by atoms with Gasteiger partial charge < -0.3 is 10.1 Å². The number of hydrogen-bond acceptors (Lipinski definition) is 2. The highest BCUT2D eigenvalue weighted by Crippen LogP contribution is 2.37.